The van der Waals surface area contributed by atoms with Crippen LogP contribution in [0.2, 0.25) is 0 Å². The number of ketones is 2. The number of Topliss-reactive ketones (excluding diaryl/α,β-unsaturated/α-hetero) is 2. The standard InChI is InChI=1S/C28H19F2N5O3/c29-18-11-17(12-19(30)13-18)26(37)24(25(36)16-5-2-1-3-6-16)27-34-22-9-8-20(14-23(22)35-27)32-28(38)33-21-7-4-10-31-15-21/h1-15,34-35H,(H2,32,33,38). The third kappa shape index (κ3) is 5.24. The van der Waals surface area contributed by atoms with Gasteiger partial charge in [-0.3, -0.25) is 14.6 Å². The Morgan fingerprint density at radius 2 is 1.37 bits per heavy atom. The highest BCUT2D eigenvalue weighted by Crippen LogP contribution is 2.35. The number of carbonyl (C=O) groups excluding carboxylic acids is 3. The van der Waals surface area contributed by atoms with E-state index < -0.39 is 29.2 Å². The maximum atomic E-state index is 13.9. The van der Waals surface area contributed by atoms with E-state index in [4.69, 9.17) is 0 Å². The molecule has 38 heavy (non-hydrogen) atoms. The van der Waals surface area contributed by atoms with Gasteiger partial charge in [0.25, 0.3) is 0 Å². The van der Waals surface area contributed by atoms with Gasteiger partial charge in [-0.05, 0) is 42.5 Å². The van der Waals surface area contributed by atoms with Crippen LogP contribution in [0.3, 0.4) is 0 Å². The van der Waals surface area contributed by atoms with E-state index in [0.717, 1.165) is 12.1 Å². The predicted molar refractivity (Wildman–Crippen MR) is 139 cm³/mol. The molecule has 0 fully saturated rings. The highest BCUT2D eigenvalue weighted by atomic mass is 19.1. The Morgan fingerprint density at radius 3 is 2.08 bits per heavy atom. The highest BCUT2D eigenvalue weighted by Gasteiger charge is 2.30. The van der Waals surface area contributed by atoms with Crippen LogP contribution >= 0.6 is 0 Å². The molecule has 0 atom stereocenters. The fraction of sp³-hybridized carbons (Fsp3) is 0. The summed E-state index contributed by atoms with van der Waals surface area (Å²) in [5.74, 6) is -3.35. The van der Waals surface area contributed by atoms with Gasteiger partial charge in [-0.15, -0.1) is 0 Å². The number of rotatable bonds is 6. The average Bonchev–Trinajstić information content (AvgIpc) is 3.32. The molecule has 0 saturated heterocycles. The van der Waals surface area contributed by atoms with Gasteiger partial charge in [0.1, 0.15) is 23.0 Å². The maximum absolute atomic E-state index is 13.9. The number of pyridine rings is 1. The summed E-state index contributed by atoms with van der Waals surface area (Å²) in [6.45, 7) is 0. The van der Waals surface area contributed by atoms with Crippen molar-refractivity contribution in [2.24, 2.45) is 0 Å². The summed E-state index contributed by atoms with van der Waals surface area (Å²) < 4.78 is 27.8. The molecule has 4 N–H and O–H groups in total. The molecule has 0 bridgehead atoms. The first kappa shape index (κ1) is 24.3. The summed E-state index contributed by atoms with van der Waals surface area (Å²) in [4.78, 5) is 43.2. The zero-order valence-electron chi connectivity index (χ0n) is 19.6. The second kappa shape index (κ2) is 10.3. The fourth-order valence-corrected chi connectivity index (χ4v) is 3.88. The van der Waals surface area contributed by atoms with Crippen LogP contribution in [0.25, 0.3) is 0 Å². The number of carbonyl (C=O) groups is 3. The van der Waals surface area contributed by atoms with Crippen LogP contribution in [0.15, 0.2) is 103 Å². The number of hydrogen-bond acceptors (Lipinski definition) is 6. The molecule has 1 aliphatic rings. The Bertz CT molecular complexity index is 1570. The van der Waals surface area contributed by atoms with Crippen molar-refractivity contribution >= 4 is 40.3 Å². The van der Waals surface area contributed by atoms with E-state index >= 15 is 0 Å². The molecule has 5 rings (SSSR count). The molecule has 8 nitrogen and oxygen atoms in total. The molecule has 1 aromatic heterocycles. The van der Waals surface area contributed by atoms with Gasteiger partial charge in [-0.25, -0.2) is 13.6 Å². The summed E-state index contributed by atoms with van der Waals surface area (Å²) in [5.41, 5.74) is 1.49. The van der Waals surface area contributed by atoms with E-state index in [9.17, 15) is 23.2 Å². The Labute approximate surface area is 215 Å². The molecular weight excluding hydrogens is 492 g/mol. The number of fused-ring (bicyclic) bond motifs is 1. The quantitative estimate of drug-likeness (QED) is 0.112. The average molecular weight is 511 g/mol. The van der Waals surface area contributed by atoms with Crippen molar-refractivity contribution < 1.29 is 23.2 Å². The molecular formula is C28H19F2N5O3. The number of nitrogens with zero attached hydrogens (tertiary/aromatic N) is 1. The lowest BCUT2D eigenvalue weighted by molar-refractivity contribution is 0.0960. The van der Waals surface area contributed by atoms with Gasteiger partial charge in [0, 0.05) is 29.1 Å². The summed E-state index contributed by atoms with van der Waals surface area (Å²) >= 11 is 0. The van der Waals surface area contributed by atoms with Crippen LogP contribution in [-0.4, -0.2) is 22.6 Å². The molecule has 0 unspecified atom stereocenters. The minimum atomic E-state index is -0.944. The van der Waals surface area contributed by atoms with Crippen LogP contribution in [0, 0.1) is 11.6 Å². The lowest BCUT2D eigenvalue weighted by Gasteiger charge is -2.11. The number of nitrogens with one attached hydrogen (secondary N) is 4. The maximum Gasteiger partial charge on any atom is 0.323 e. The van der Waals surface area contributed by atoms with E-state index in [-0.39, 0.29) is 22.5 Å². The first-order chi connectivity index (χ1) is 18.4. The highest BCUT2D eigenvalue weighted by molar-refractivity contribution is 6.32. The van der Waals surface area contributed by atoms with E-state index in [1.807, 2.05) is 0 Å². The molecule has 188 valence electrons. The Hall–Kier alpha value is -5.38. The third-order valence-electron chi connectivity index (χ3n) is 5.58. The monoisotopic (exact) mass is 511 g/mol. The van der Waals surface area contributed by atoms with Gasteiger partial charge in [0.15, 0.2) is 0 Å². The zero-order valence-corrected chi connectivity index (χ0v) is 19.6. The molecule has 1 aliphatic heterocycles. The van der Waals surface area contributed by atoms with Gasteiger partial charge < -0.3 is 21.3 Å². The number of amides is 2. The van der Waals surface area contributed by atoms with Crippen molar-refractivity contribution in [3.05, 3.63) is 125 Å². The SMILES string of the molecule is O=C(Nc1cccnc1)Nc1ccc2c(c1)NC(=C(C(=O)c1ccccc1)C(=O)c1cc(F)cc(F)c1)N2. The van der Waals surface area contributed by atoms with Crippen molar-refractivity contribution in [2.75, 3.05) is 21.3 Å². The molecule has 2 heterocycles. The number of halogens is 2. The van der Waals surface area contributed by atoms with Crippen LogP contribution in [0.1, 0.15) is 20.7 Å². The van der Waals surface area contributed by atoms with Crippen molar-refractivity contribution in [1.82, 2.24) is 4.98 Å². The lowest BCUT2D eigenvalue weighted by atomic mass is 9.95. The largest absolute Gasteiger partial charge is 0.339 e. The molecule has 4 aromatic rings. The van der Waals surface area contributed by atoms with E-state index in [1.165, 1.54) is 18.3 Å². The molecule has 2 amide bonds. The third-order valence-corrected chi connectivity index (χ3v) is 5.58. The topological polar surface area (TPSA) is 112 Å². The van der Waals surface area contributed by atoms with Crippen molar-refractivity contribution in [1.29, 1.82) is 0 Å². The van der Waals surface area contributed by atoms with Gasteiger partial charge in [0.2, 0.25) is 11.6 Å². The number of urea groups is 1. The van der Waals surface area contributed by atoms with Crippen molar-refractivity contribution in [3.63, 3.8) is 0 Å². The first-order valence-corrected chi connectivity index (χ1v) is 11.4. The molecule has 0 saturated carbocycles. The minimum Gasteiger partial charge on any atom is -0.339 e. The molecule has 0 radical (unpaired) electrons. The predicted octanol–water partition coefficient (Wildman–Crippen LogP) is 5.82. The number of hydrogen-bond donors (Lipinski definition) is 4. The number of aromatic nitrogens is 1. The molecule has 0 aliphatic carbocycles. The van der Waals surface area contributed by atoms with Gasteiger partial charge >= 0.3 is 6.03 Å². The van der Waals surface area contributed by atoms with E-state index in [1.54, 1.807) is 54.7 Å². The first-order valence-electron chi connectivity index (χ1n) is 11.4. The summed E-state index contributed by atoms with van der Waals surface area (Å²) in [5, 5.41) is 11.3. The molecule has 10 heteroatoms. The molecule has 3 aromatic carbocycles. The van der Waals surface area contributed by atoms with Crippen LogP contribution in [0.4, 0.5) is 36.3 Å². The van der Waals surface area contributed by atoms with Crippen molar-refractivity contribution in [3.8, 4) is 0 Å². The van der Waals surface area contributed by atoms with E-state index in [0.29, 0.717) is 28.8 Å². The zero-order chi connectivity index (χ0) is 26.6. The summed E-state index contributed by atoms with van der Waals surface area (Å²) in [6, 6.07) is 18.2. The summed E-state index contributed by atoms with van der Waals surface area (Å²) in [6.07, 6.45) is 3.08. The Balaban J connectivity index is 1.46. The Kier molecular flexibility index (Phi) is 6.60. The fourth-order valence-electron chi connectivity index (χ4n) is 3.88. The Morgan fingerprint density at radius 1 is 0.684 bits per heavy atom. The number of allylic oxidation sites excluding steroid dienone is 1. The summed E-state index contributed by atoms with van der Waals surface area (Å²) in [7, 11) is 0. The van der Waals surface area contributed by atoms with Crippen LogP contribution in [-0.2, 0) is 0 Å². The minimum absolute atomic E-state index is 0.0421. The van der Waals surface area contributed by atoms with E-state index in [2.05, 4.69) is 26.3 Å². The second-order valence-electron chi connectivity index (χ2n) is 8.26. The second-order valence-corrected chi connectivity index (χ2v) is 8.26. The van der Waals surface area contributed by atoms with Crippen LogP contribution in [0.5, 0.6) is 0 Å². The lowest BCUT2D eigenvalue weighted by Crippen LogP contribution is -2.21. The number of benzene rings is 3. The smallest absolute Gasteiger partial charge is 0.323 e. The van der Waals surface area contributed by atoms with Gasteiger partial charge in [-0.2, -0.15) is 0 Å². The van der Waals surface area contributed by atoms with Gasteiger partial charge in [-0.1, -0.05) is 30.3 Å². The number of anilines is 4. The van der Waals surface area contributed by atoms with Crippen LogP contribution < -0.4 is 21.3 Å². The van der Waals surface area contributed by atoms with Gasteiger partial charge in [0.05, 0.1) is 23.3 Å². The normalized spacial score (nSPS) is 13.0. The van der Waals surface area contributed by atoms with Crippen molar-refractivity contribution in [2.45, 2.75) is 0 Å². The molecule has 0 spiro atoms.